The van der Waals surface area contributed by atoms with Crippen LogP contribution in [0.2, 0.25) is 0 Å². The lowest BCUT2D eigenvalue weighted by atomic mass is 10.2. The van der Waals surface area contributed by atoms with Crippen LogP contribution in [0.4, 0.5) is 0 Å². The number of halogens is 2. The van der Waals surface area contributed by atoms with E-state index in [0.29, 0.717) is 6.54 Å². The Kier molecular flexibility index (Phi) is 8.41. The van der Waals surface area contributed by atoms with Crippen LogP contribution in [-0.2, 0) is 11.3 Å². The van der Waals surface area contributed by atoms with Crippen LogP contribution in [0.1, 0.15) is 16.5 Å². The lowest BCUT2D eigenvalue weighted by molar-refractivity contribution is -0.122. The minimum absolute atomic E-state index is 0. The number of nitrogens with one attached hydrogen (secondary N) is 2. The molecule has 1 aliphatic rings. The van der Waals surface area contributed by atoms with Gasteiger partial charge in [0.25, 0.3) is 0 Å². The number of carbonyl (C=O) groups is 1. The minimum atomic E-state index is -0.149. The summed E-state index contributed by atoms with van der Waals surface area (Å²) >= 11 is 1.74. The van der Waals surface area contributed by atoms with Crippen LogP contribution in [0.3, 0.4) is 0 Å². The van der Waals surface area contributed by atoms with Crippen molar-refractivity contribution in [2.75, 3.05) is 5.75 Å². The highest BCUT2D eigenvalue weighted by Gasteiger charge is 2.30. The van der Waals surface area contributed by atoms with Crippen molar-refractivity contribution >= 4 is 42.5 Å². The van der Waals surface area contributed by atoms with Crippen LogP contribution >= 0.6 is 36.6 Å². The van der Waals surface area contributed by atoms with E-state index >= 15 is 0 Å². The Morgan fingerprint density at radius 2 is 2.00 bits per heavy atom. The fraction of sp³-hybridized carbons (Fsp3) is 0.250. The van der Waals surface area contributed by atoms with Gasteiger partial charge in [-0.25, -0.2) is 0 Å². The molecule has 0 bridgehead atoms. The molecule has 2 aromatic rings. The summed E-state index contributed by atoms with van der Waals surface area (Å²) < 4.78 is 0. The maximum absolute atomic E-state index is 12.2. The normalized spacial score (nSPS) is 19.3. The number of carbonyl (C=O) groups excluding carboxylic acids is 1. The van der Waals surface area contributed by atoms with Crippen molar-refractivity contribution in [2.24, 2.45) is 0 Å². The molecule has 2 N–H and O–H groups in total. The van der Waals surface area contributed by atoms with Crippen molar-refractivity contribution in [3.05, 3.63) is 66.0 Å². The lowest BCUT2D eigenvalue weighted by Crippen LogP contribution is -2.42. The first kappa shape index (κ1) is 19.8. The number of hydrogen-bond acceptors (Lipinski definition) is 4. The molecule has 1 amide bonds. The van der Waals surface area contributed by atoms with Gasteiger partial charge in [0.2, 0.25) is 5.91 Å². The van der Waals surface area contributed by atoms with Gasteiger partial charge in [-0.2, -0.15) is 0 Å². The van der Waals surface area contributed by atoms with Gasteiger partial charge in [-0.1, -0.05) is 36.4 Å². The lowest BCUT2D eigenvalue weighted by Gasteiger charge is -2.13. The first-order valence-electron chi connectivity index (χ1n) is 6.92. The standard InChI is InChI=1S/C16H17N3OS.2ClH/c20-15(18-9-12-5-2-1-3-6-12)14-11-21-16(19-14)13-7-4-8-17-10-13;;/h1-8,10,14,16,19H,9,11H2,(H,18,20);2*1H. The largest absolute Gasteiger partial charge is 0.351 e. The molecule has 1 aromatic carbocycles. The topological polar surface area (TPSA) is 54.0 Å². The van der Waals surface area contributed by atoms with Crippen LogP contribution in [0, 0.1) is 0 Å². The molecule has 1 saturated heterocycles. The predicted molar refractivity (Wildman–Crippen MR) is 99.1 cm³/mol. The van der Waals surface area contributed by atoms with E-state index < -0.39 is 0 Å². The van der Waals surface area contributed by atoms with Crippen molar-refractivity contribution < 1.29 is 4.79 Å². The summed E-state index contributed by atoms with van der Waals surface area (Å²) in [7, 11) is 0. The summed E-state index contributed by atoms with van der Waals surface area (Å²) in [6, 6.07) is 13.7. The summed E-state index contributed by atoms with van der Waals surface area (Å²) in [5.74, 6) is 0.831. The van der Waals surface area contributed by atoms with E-state index in [1.54, 1.807) is 18.0 Å². The van der Waals surface area contributed by atoms with E-state index in [1.807, 2.05) is 48.7 Å². The molecule has 23 heavy (non-hydrogen) atoms. The molecule has 2 heterocycles. The highest BCUT2D eigenvalue weighted by atomic mass is 35.5. The molecule has 4 nitrogen and oxygen atoms in total. The Hall–Kier alpha value is -1.27. The van der Waals surface area contributed by atoms with Gasteiger partial charge in [0.1, 0.15) is 0 Å². The van der Waals surface area contributed by atoms with Crippen molar-refractivity contribution in [1.29, 1.82) is 0 Å². The zero-order valence-corrected chi connectivity index (χ0v) is 14.8. The Labute approximate surface area is 152 Å². The molecule has 0 aliphatic carbocycles. The average molecular weight is 372 g/mol. The van der Waals surface area contributed by atoms with Gasteiger partial charge in [0, 0.05) is 24.7 Å². The van der Waals surface area contributed by atoms with Gasteiger partial charge in [-0.15, -0.1) is 36.6 Å². The van der Waals surface area contributed by atoms with Crippen LogP contribution in [0.15, 0.2) is 54.9 Å². The monoisotopic (exact) mass is 371 g/mol. The molecular weight excluding hydrogens is 353 g/mol. The Balaban J connectivity index is 0.00000132. The zero-order valence-electron chi connectivity index (χ0n) is 12.3. The third kappa shape index (κ3) is 5.39. The SMILES string of the molecule is Cl.Cl.O=C(NCc1ccccc1)C1CSC(c2cccnc2)N1. The second-order valence-electron chi connectivity index (χ2n) is 4.92. The number of aromatic nitrogens is 1. The number of pyridine rings is 1. The van der Waals surface area contributed by atoms with Crippen molar-refractivity contribution in [1.82, 2.24) is 15.6 Å². The molecule has 1 aliphatic heterocycles. The Morgan fingerprint density at radius 3 is 2.70 bits per heavy atom. The fourth-order valence-corrected chi connectivity index (χ4v) is 3.48. The summed E-state index contributed by atoms with van der Waals surface area (Å²) in [6.07, 6.45) is 3.60. The van der Waals surface area contributed by atoms with Crippen LogP contribution in [0.5, 0.6) is 0 Å². The summed E-state index contributed by atoms with van der Waals surface area (Å²) in [5, 5.41) is 6.48. The predicted octanol–water partition coefficient (Wildman–Crippen LogP) is 2.95. The molecule has 7 heteroatoms. The van der Waals surface area contributed by atoms with Gasteiger partial charge < -0.3 is 5.32 Å². The van der Waals surface area contributed by atoms with E-state index in [-0.39, 0.29) is 42.1 Å². The summed E-state index contributed by atoms with van der Waals surface area (Å²) in [5.41, 5.74) is 2.22. The van der Waals surface area contributed by atoms with Crippen molar-refractivity contribution in [2.45, 2.75) is 18.0 Å². The maximum Gasteiger partial charge on any atom is 0.238 e. The van der Waals surface area contributed by atoms with Crippen molar-refractivity contribution in [3.63, 3.8) is 0 Å². The van der Waals surface area contributed by atoms with Gasteiger partial charge >= 0.3 is 0 Å². The number of amides is 1. The Bertz CT molecular complexity index is 601. The fourth-order valence-electron chi connectivity index (χ4n) is 2.25. The van der Waals surface area contributed by atoms with Crippen LogP contribution < -0.4 is 10.6 Å². The number of benzene rings is 1. The van der Waals surface area contributed by atoms with E-state index in [1.165, 1.54) is 0 Å². The first-order chi connectivity index (χ1) is 10.3. The molecule has 0 spiro atoms. The molecule has 0 radical (unpaired) electrons. The van der Waals surface area contributed by atoms with E-state index in [2.05, 4.69) is 15.6 Å². The number of hydrogen-bond donors (Lipinski definition) is 2. The van der Waals surface area contributed by atoms with Gasteiger partial charge in [0.05, 0.1) is 11.4 Å². The van der Waals surface area contributed by atoms with E-state index in [9.17, 15) is 4.79 Å². The maximum atomic E-state index is 12.2. The average Bonchev–Trinajstić information content (AvgIpc) is 3.04. The highest BCUT2D eigenvalue weighted by molar-refractivity contribution is 7.99. The second-order valence-corrected chi connectivity index (χ2v) is 6.06. The number of thioether (sulfide) groups is 1. The molecule has 1 fully saturated rings. The quantitative estimate of drug-likeness (QED) is 0.867. The second kappa shape index (κ2) is 9.78. The summed E-state index contributed by atoms with van der Waals surface area (Å²) in [6.45, 7) is 0.570. The Morgan fingerprint density at radius 1 is 1.22 bits per heavy atom. The zero-order chi connectivity index (χ0) is 14.5. The molecule has 1 aromatic heterocycles. The minimum Gasteiger partial charge on any atom is -0.351 e. The molecule has 2 atom stereocenters. The molecular formula is C16H19Cl2N3OS. The summed E-state index contributed by atoms with van der Waals surface area (Å²) in [4.78, 5) is 16.3. The van der Waals surface area contributed by atoms with Crippen LogP contribution in [-0.4, -0.2) is 22.7 Å². The van der Waals surface area contributed by atoms with E-state index in [0.717, 1.165) is 16.9 Å². The molecule has 2 unspecified atom stereocenters. The van der Waals surface area contributed by atoms with Gasteiger partial charge in [0.15, 0.2) is 0 Å². The number of nitrogens with zero attached hydrogens (tertiary/aromatic N) is 1. The third-order valence-electron chi connectivity index (χ3n) is 3.40. The first-order valence-corrected chi connectivity index (χ1v) is 7.97. The molecule has 3 rings (SSSR count). The van der Waals surface area contributed by atoms with Gasteiger partial charge in [-0.3, -0.25) is 15.1 Å². The van der Waals surface area contributed by atoms with Gasteiger partial charge in [-0.05, 0) is 17.2 Å². The highest BCUT2D eigenvalue weighted by Crippen LogP contribution is 2.32. The van der Waals surface area contributed by atoms with Crippen molar-refractivity contribution in [3.8, 4) is 0 Å². The van der Waals surface area contributed by atoms with E-state index in [4.69, 9.17) is 0 Å². The third-order valence-corrected chi connectivity index (χ3v) is 4.66. The molecule has 124 valence electrons. The number of rotatable bonds is 4. The van der Waals surface area contributed by atoms with Crippen LogP contribution in [0.25, 0.3) is 0 Å². The molecule has 0 saturated carbocycles. The smallest absolute Gasteiger partial charge is 0.238 e.